The first-order valence-electron chi connectivity index (χ1n) is 11.6. The highest BCUT2D eigenvalue weighted by molar-refractivity contribution is 6.56. The van der Waals surface area contributed by atoms with Crippen molar-refractivity contribution in [2.24, 2.45) is 0 Å². The van der Waals surface area contributed by atoms with Crippen molar-refractivity contribution in [3.05, 3.63) is 71.2 Å². The maximum atomic E-state index is 12.3. The van der Waals surface area contributed by atoms with Crippen molar-refractivity contribution in [1.82, 2.24) is 5.32 Å². The SMILES string of the molecule is CC(C)(C)OC(=O)NCC(=Cc1ccc(OCc2ccccc2)cc1)B1OC(C)(C)C(C)(C)O1. The standard InChI is InChI=1S/C27H36BNO5/c1-25(2,3)32-24(30)29-18-22(28-33-26(4,5)27(6,7)34-28)17-20-13-15-23(16-14-20)31-19-21-11-9-8-10-12-21/h8-17H,18-19H2,1-7H3,(H,29,30). The molecule has 0 unspecified atom stereocenters. The van der Waals surface area contributed by atoms with Gasteiger partial charge < -0.3 is 24.1 Å². The molecule has 2 aromatic carbocycles. The summed E-state index contributed by atoms with van der Waals surface area (Å²) in [6.45, 7) is 14.3. The smallest absolute Gasteiger partial charge is 0.489 e. The van der Waals surface area contributed by atoms with Crippen LogP contribution >= 0.6 is 0 Å². The lowest BCUT2D eigenvalue weighted by molar-refractivity contribution is 0.00578. The lowest BCUT2D eigenvalue weighted by Gasteiger charge is -2.32. The molecule has 34 heavy (non-hydrogen) atoms. The minimum atomic E-state index is -0.589. The van der Waals surface area contributed by atoms with Gasteiger partial charge in [0.05, 0.1) is 11.2 Å². The average molecular weight is 465 g/mol. The molecule has 2 aromatic rings. The Morgan fingerprint density at radius 2 is 1.56 bits per heavy atom. The minimum Gasteiger partial charge on any atom is -0.489 e. The van der Waals surface area contributed by atoms with E-state index >= 15 is 0 Å². The Kier molecular flexibility index (Phi) is 7.79. The van der Waals surface area contributed by atoms with Crippen LogP contribution in [0.2, 0.25) is 0 Å². The largest absolute Gasteiger partial charge is 0.492 e. The molecule has 0 saturated carbocycles. The van der Waals surface area contributed by atoms with E-state index in [4.69, 9.17) is 18.8 Å². The van der Waals surface area contributed by atoms with Crippen molar-refractivity contribution in [3.8, 4) is 5.75 Å². The van der Waals surface area contributed by atoms with Crippen LogP contribution < -0.4 is 10.1 Å². The van der Waals surface area contributed by atoms with Gasteiger partial charge in [-0.05, 0) is 77.2 Å². The van der Waals surface area contributed by atoms with Crippen LogP contribution in [0.25, 0.3) is 6.08 Å². The Balaban J connectivity index is 1.74. The van der Waals surface area contributed by atoms with E-state index in [1.807, 2.05) is 109 Å². The molecule has 1 heterocycles. The molecule has 3 rings (SSSR count). The first-order chi connectivity index (χ1) is 15.8. The molecule has 0 spiro atoms. The van der Waals surface area contributed by atoms with Crippen LogP contribution in [0.15, 0.2) is 60.1 Å². The third-order valence-electron chi connectivity index (χ3n) is 5.87. The summed E-state index contributed by atoms with van der Waals surface area (Å²) in [5.74, 6) is 0.782. The second kappa shape index (κ2) is 10.2. The van der Waals surface area contributed by atoms with Gasteiger partial charge in [0.15, 0.2) is 0 Å². The lowest BCUT2D eigenvalue weighted by atomic mass is 9.77. The average Bonchev–Trinajstić information content (AvgIpc) is 2.97. The second-order valence-electron chi connectivity index (χ2n) is 10.5. The van der Waals surface area contributed by atoms with Crippen molar-refractivity contribution in [1.29, 1.82) is 0 Å². The van der Waals surface area contributed by atoms with E-state index in [1.54, 1.807) is 0 Å². The van der Waals surface area contributed by atoms with Crippen LogP contribution in [-0.2, 0) is 20.7 Å². The lowest BCUT2D eigenvalue weighted by Crippen LogP contribution is -2.41. The topological polar surface area (TPSA) is 66.0 Å². The van der Waals surface area contributed by atoms with Gasteiger partial charge in [-0.1, -0.05) is 48.5 Å². The van der Waals surface area contributed by atoms with Gasteiger partial charge in [0.1, 0.15) is 18.0 Å². The molecular weight excluding hydrogens is 429 g/mol. The Labute approximate surface area is 203 Å². The van der Waals surface area contributed by atoms with Gasteiger partial charge in [-0.3, -0.25) is 0 Å². The number of rotatable bonds is 7. The summed E-state index contributed by atoms with van der Waals surface area (Å²) in [6, 6.07) is 17.8. The predicted octanol–water partition coefficient (Wildman–Crippen LogP) is 5.81. The first-order valence-corrected chi connectivity index (χ1v) is 11.6. The van der Waals surface area contributed by atoms with Crippen LogP contribution in [0.3, 0.4) is 0 Å². The quantitative estimate of drug-likeness (QED) is 0.523. The van der Waals surface area contributed by atoms with Gasteiger partial charge in [0.2, 0.25) is 0 Å². The summed E-state index contributed by atoms with van der Waals surface area (Å²) in [6.07, 6.45) is 1.49. The molecule has 1 fully saturated rings. The molecule has 1 amide bonds. The Bertz CT molecular complexity index is 978. The number of carbonyl (C=O) groups is 1. The van der Waals surface area contributed by atoms with Gasteiger partial charge in [0.25, 0.3) is 0 Å². The molecule has 0 atom stereocenters. The maximum absolute atomic E-state index is 12.3. The maximum Gasteiger partial charge on any atom is 0.492 e. The summed E-state index contributed by atoms with van der Waals surface area (Å²) in [4.78, 5) is 12.3. The van der Waals surface area contributed by atoms with E-state index in [1.165, 1.54) is 0 Å². The van der Waals surface area contributed by atoms with Crippen molar-refractivity contribution in [2.45, 2.75) is 71.9 Å². The summed E-state index contributed by atoms with van der Waals surface area (Å²) < 4.78 is 23.7. The zero-order valence-corrected chi connectivity index (χ0v) is 21.3. The number of ether oxygens (including phenoxy) is 2. The zero-order valence-electron chi connectivity index (χ0n) is 21.3. The van der Waals surface area contributed by atoms with Crippen molar-refractivity contribution >= 4 is 19.3 Å². The summed E-state index contributed by atoms with van der Waals surface area (Å²) in [5.41, 5.74) is 1.30. The predicted molar refractivity (Wildman–Crippen MR) is 136 cm³/mol. The second-order valence-corrected chi connectivity index (χ2v) is 10.5. The van der Waals surface area contributed by atoms with Crippen LogP contribution in [0.5, 0.6) is 5.75 Å². The van der Waals surface area contributed by atoms with Crippen LogP contribution in [0, 0.1) is 0 Å². The number of amides is 1. The van der Waals surface area contributed by atoms with E-state index in [9.17, 15) is 4.79 Å². The fourth-order valence-electron chi connectivity index (χ4n) is 3.30. The highest BCUT2D eigenvalue weighted by atomic mass is 16.7. The molecule has 0 bridgehead atoms. The molecular formula is C27H36BNO5. The van der Waals surface area contributed by atoms with Crippen LogP contribution in [-0.4, -0.2) is 36.6 Å². The number of hydrogen-bond acceptors (Lipinski definition) is 5. The van der Waals surface area contributed by atoms with E-state index in [-0.39, 0.29) is 6.54 Å². The van der Waals surface area contributed by atoms with Gasteiger partial charge >= 0.3 is 13.2 Å². The fourth-order valence-corrected chi connectivity index (χ4v) is 3.30. The minimum absolute atomic E-state index is 0.234. The van der Waals surface area contributed by atoms with Crippen molar-refractivity contribution in [3.63, 3.8) is 0 Å². The molecule has 1 N–H and O–H groups in total. The zero-order chi connectivity index (χ0) is 25.0. The Morgan fingerprint density at radius 3 is 2.12 bits per heavy atom. The molecule has 0 radical (unpaired) electrons. The first kappa shape index (κ1) is 25.9. The highest BCUT2D eigenvalue weighted by Crippen LogP contribution is 2.38. The molecule has 6 nitrogen and oxygen atoms in total. The van der Waals surface area contributed by atoms with Crippen molar-refractivity contribution < 1.29 is 23.6 Å². The molecule has 182 valence electrons. The van der Waals surface area contributed by atoms with Gasteiger partial charge in [-0.25, -0.2) is 4.79 Å². The number of benzene rings is 2. The highest BCUT2D eigenvalue weighted by Gasteiger charge is 2.52. The van der Waals surface area contributed by atoms with Crippen molar-refractivity contribution in [2.75, 3.05) is 6.54 Å². The Hall–Kier alpha value is -2.77. The summed E-state index contributed by atoms with van der Waals surface area (Å²) >= 11 is 0. The molecule has 1 aliphatic heterocycles. The molecule has 7 heteroatoms. The number of carbonyl (C=O) groups excluding carboxylic acids is 1. The number of hydrogen-bond donors (Lipinski definition) is 1. The molecule has 0 aromatic heterocycles. The summed E-state index contributed by atoms with van der Waals surface area (Å²) in [5, 5.41) is 2.83. The van der Waals surface area contributed by atoms with E-state index in [2.05, 4.69) is 5.32 Å². The normalized spacial score (nSPS) is 17.4. The van der Waals surface area contributed by atoms with Gasteiger partial charge in [-0.15, -0.1) is 0 Å². The molecule has 1 saturated heterocycles. The Morgan fingerprint density at radius 1 is 0.971 bits per heavy atom. The van der Waals surface area contributed by atoms with Crippen LogP contribution in [0.1, 0.15) is 59.6 Å². The fraction of sp³-hybridized carbons (Fsp3) is 0.444. The van der Waals surface area contributed by atoms with Gasteiger partial charge in [-0.2, -0.15) is 0 Å². The monoisotopic (exact) mass is 465 g/mol. The van der Waals surface area contributed by atoms with E-state index < -0.39 is 30.0 Å². The van der Waals surface area contributed by atoms with E-state index in [0.717, 1.165) is 22.3 Å². The van der Waals surface area contributed by atoms with E-state index in [0.29, 0.717) is 6.61 Å². The summed E-state index contributed by atoms with van der Waals surface area (Å²) in [7, 11) is -0.589. The third kappa shape index (κ3) is 7.11. The number of nitrogens with one attached hydrogen (secondary N) is 1. The third-order valence-corrected chi connectivity index (χ3v) is 5.87. The van der Waals surface area contributed by atoms with Crippen LogP contribution in [0.4, 0.5) is 4.79 Å². The number of alkyl carbamates (subject to hydrolysis) is 1. The molecule has 1 aliphatic rings. The van der Waals surface area contributed by atoms with Gasteiger partial charge in [0, 0.05) is 6.54 Å². The molecule has 0 aliphatic carbocycles.